The molecule has 0 aromatic heterocycles. The summed E-state index contributed by atoms with van der Waals surface area (Å²) in [6.07, 6.45) is 12.5. The van der Waals surface area contributed by atoms with Gasteiger partial charge in [0.2, 0.25) is 5.91 Å². The van der Waals surface area contributed by atoms with E-state index in [9.17, 15) is 4.79 Å². The number of unbranched alkanes of at least 4 members (excludes halogenated alkanes) is 1. The quantitative estimate of drug-likeness (QED) is 0.538. The van der Waals surface area contributed by atoms with Crippen LogP contribution in [0.5, 0.6) is 0 Å². The molecule has 1 aliphatic heterocycles. The molecule has 1 saturated heterocycles. The number of hydrogen-bond acceptors (Lipinski definition) is 2. The van der Waals surface area contributed by atoms with E-state index in [1.54, 1.807) is 7.05 Å². The van der Waals surface area contributed by atoms with Gasteiger partial charge in [-0.1, -0.05) is 39.0 Å². The number of carbonyl (C=O) groups is 1. The van der Waals surface area contributed by atoms with Crippen molar-refractivity contribution in [3.8, 4) is 0 Å². The molecule has 26 heavy (non-hydrogen) atoms. The standard InChI is InChI=1S/C21H40N4O/c1-4-5-6-17-7-9-19(10-8-17)16-24-21(23-3)25-13-11-18(12-14-25)15-20(26)22-2/h17-19H,4-16H2,1-3H3,(H,22,26)(H,23,24). The molecule has 2 N–H and O–H groups in total. The summed E-state index contributed by atoms with van der Waals surface area (Å²) in [7, 11) is 3.61. The van der Waals surface area contributed by atoms with Crippen molar-refractivity contribution in [3.63, 3.8) is 0 Å². The maximum atomic E-state index is 11.5. The van der Waals surface area contributed by atoms with Gasteiger partial charge in [0, 0.05) is 40.2 Å². The van der Waals surface area contributed by atoms with Crippen LogP contribution >= 0.6 is 0 Å². The largest absolute Gasteiger partial charge is 0.359 e. The molecular weight excluding hydrogens is 324 g/mol. The Bertz CT molecular complexity index is 435. The smallest absolute Gasteiger partial charge is 0.220 e. The van der Waals surface area contributed by atoms with Crippen molar-refractivity contribution in [2.45, 2.75) is 71.1 Å². The van der Waals surface area contributed by atoms with Gasteiger partial charge in [-0.25, -0.2) is 0 Å². The van der Waals surface area contributed by atoms with Crippen LogP contribution in [0.3, 0.4) is 0 Å². The predicted molar refractivity (Wildman–Crippen MR) is 109 cm³/mol. The number of nitrogens with zero attached hydrogens (tertiary/aromatic N) is 2. The summed E-state index contributed by atoms with van der Waals surface area (Å²) in [6.45, 7) is 5.37. The minimum atomic E-state index is 0.167. The highest BCUT2D eigenvalue weighted by Gasteiger charge is 2.24. The average molecular weight is 365 g/mol. The van der Waals surface area contributed by atoms with Gasteiger partial charge < -0.3 is 15.5 Å². The van der Waals surface area contributed by atoms with Crippen molar-refractivity contribution in [1.82, 2.24) is 15.5 Å². The third kappa shape index (κ3) is 6.81. The van der Waals surface area contributed by atoms with Gasteiger partial charge in [0.05, 0.1) is 0 Å². The van der Waals surface area contributed by atoms with Gasteiger partial charge in [0.25, 0.3) is 0 Å². The lowest BCUT2D eigenvalue weighted by Gasteiger charge is -2.35. The summed E-state index contributed by atoms with van der Waals surface area (Å²) in [5.41, 5.74) is 0. The number of piperidine rings is 1. The van der Waals surface area contributed by atoms with Gasteiger partial charge in [-0.15, -0.1) is 0 Å². The molecule has 2 aliphatic rings. The van der Waals surface area contributed by atoms with Crippen LogP contribution < -0.4 is 10.6 Å². The number of guanidine groups is 1. The average Bonchev–Trinajstić information content (AvgIpc) is 2.68. The number of rotatable bonds is 7. The fourth-order valence-corrected chi connectivity index (χ4v) is 4.50. The molecule has 0 unspecified atom stereocenters. The highest BCUT2D eigenvalue weighted by Crippen LogP contribution is 2.31. The van der Waals surface area contributed by atoms with E-state index in [0.717, 1.165) is 50.3 Å². The molecule has 0 aromatic rings. The number of aliphatic imine (C=N–C) groups is 1. The SMILES string of the molecule is CCCCC1CCC(CNC(=NC)N2CCC(CC(=O)NC)CC2)CC1. The van der Waals surface area contributed by atoms with Crippen molar-refractivity contribution in [2.75, 3.05) is 33.7 Å². The Hall–Kier alpha value is -1.26. The summed E-state index contributed by atoms with van der Waals surface area (Å²) in [6, 6.07) is 0. The van der Waals surface area contributed by atoms with Gasteiger partial charge in [0.1, 0.15) is 0 Å². The Morgan fingerprint density at radius 3 is 2.27 bits per heavy atom. The molecule has 0 atom stereocenters. The first kappa shape index (κ1) is 21.0. The number of amides is 1. The van der Waals surface area contributed by atoms with Gasteiger partial charge in [0.15, 0.2) is 5.96 Å². The molecule has 1 aliphatic carbocycles. The zero-order valence-electron chi connectivity index (χ0n) is 17.2. The van der Waals surface area contributed by atoms with Crippen LogP contribution in [0.1, 0.15) is 71.1 Å². The zero-order valence-corrected chi connectivity index (χ0v) is 17.2. The predicted octanol–water partition coefficient (Wildman–Crippen LogP) is 3.41. The molecule has 1 amide bonds. The highest BCUT2D eigenvalue weighted by atomic mass is 16.1. The maximum absolute atomic E-state index is 11.5. The van der Waals surface area contributed by atoms with Gasteiger partial charge in [-0.05, 0) is 43.4 Å². The van der Waals surface area contributed by atoms with Crippen LogP contribution in [-0.4, -0.2) is 50.5 Å². The molecule has 2 fully saturated rings. The first-order valence-corrected chi connectivity index (χ1v) is 10.8. The molecule has 1 saturated carbocycles. The molecule has 0 spiro atoms. The van der Waals surface area contributed by atoms with Crippen molar-refractivity contribution < 1.29 is 4.79 Å². The van der Waals surface area contributed by atoms with Gasteiger partial charge >= 0.3 is 0 Å². The van der Waals surface area contributed by atoms with E-state index in [1.165, 1.54) is 44.9 Å². The Balaban J connectivity index is 1.67. The van der Waals surface area contributed by atoms with Crippen molar-refractivity contribution in [3.05, 3.63) is 0 Å². The summed E-state index contributed by atoms with van der Waals surface area (Å²) < 4.78 is 0. The lowest BCUT2D eigenvalue weighted by atomic mass is 9.80. The van der Waals surface area contributed by atoms with Crippen molar-refractivity contribution in [1.29, 1.82) is 0 Å². The van der Waals surface area contributed by atoms with Gasteiger partial charge in [-0.2, -0.15) is 0 Å². The van der Waals surface area contributed by atoms with Crippen LogP contribution in [-0.2, 0) is 4.79 Å². The first-order chi connectivity index (χ1) is 12.7. The summed E-state index contributed by atoms with van der Waals surface area (Å²) >= 11 is 0. The fraction of sp³-hybridized carbons (Fsp3) is 0.905. The fourth-order valence-electron chi connectivity index (χ4n) is 4.50. The summed E-state index contributed by atoms with van der Waals surface area (Å²) in [5, 5.41) is 6.37. The van der Waals surface area contributed by atoms with Gasteiger partial charge in [-0.3, -0.25) is 9.79 Å². The molecule has 0 bridgehead atoms. The Labute approximate surface area is 160 Å². The number of nitrogens with one attached hydrogen (secondary N) is 2. The van der Waals surface area contributed by atoms with E-state index < -0.39 is 0 Å². The summed E-state index contributed by atoms with van der Waals surface area (Å²) in [4.78, 5) is 18.4. The van der Waals surface area contributed by atoms with E-state index in [-0.39, 0.29) is 5.91 Å². The molecule has 2 rings (SSSR count). The Morgan fingerprint density at radius 1 is 1.04 bits per heavy atom. The third-order valence-electron chi connectivity index (χ3n) is 6.36. The second-order valence-corrected chi connectivity index (χ2v) is 8.26. The molecule has 1 heterocycles. The van der Waals surface area contributed by atoms with E-state index in [2.05, 4.69) is 27.4 Å². The monoisotopic (exact) mass is 364 g/mol. The van der Waals surface area contributed by atoms with Crippen LogP contribution in [0.4, 0.5) is 0 Å². The van der Waals surface area contributed by atoms with Crippen molar-refractivity contribution in [2.24, 2.45) is 22.7 Å². The normalized spacial score (nSPS) is 25.2. The number of carbonyl (C=O) groups excluding carboxylic acids is 1. The zero-order chi connectivity index (χ0) is 18.8. The lowest BCUT2D eigenvalue weighted by molar-refractivity contribution is -0.121. The topological polar surface area (TPSA) is 56.7 Å². The second-order valence-electron chi connectivity index (χ2n) is 8.26. The molecule has 5 nitrogen and oxygen atoms in total. The molecule has 150 valence electrons. The maximum Gasteiger partial charge on any atom is 0.220 e. The minimum Gasteiger partial charge on any atom is -0.359 e. The van der Waals surface area contributed by atoms with Crippen LogP contribution in [0.25, 0.3) is 0 Å². The highest BCUT2D eigenvalue weighted by molar-refractivity contribution is 5.80. The van der Waals surface area contributed by atoms with E-state index in [0.29, 0.717) is 12.3 Å². The number of hydrogen-bond donors (Lipinski definition) is 2. The molecular formula is C21H40N4O. The molecule has 0 radical (unpaired) electrons. The number of likely N-dealkylation sites (tertiary alicyclic amines) is 1. The van der Waals surface area contributed by atoms with Crippen molar-refractivity contribution >= 4 is 11.9 Å². The summed E-state index contributed by atoms with van der Waals surface area (Å²) in [5.74, 6) is 3.51. The minimum absolute atomic E-state index is 0.167. The third-order valence-corrected chi connectivity index (χ3v) is 6.36. The van der Waals surface area contributed by atoms with E-state index in [4.69, 9.17) is 0 Å². The lowest BCUT2D eigenvalue weighted by Crippen LogP contribution is -2.47. The molecule has 5 heteroatoms. The van der Waals surface area contributed by atoms with E-state index in [1.807, 2.05) is 7.05 Å². The molecule has 0 aromatic carbocycles. The van der Waals surface area contributed by atoms with Crippen LogP contribution in [0.2, 0.25) is 0 Å². The van der Waals surface area contributed by atoms with Crippen LogP contribution in [0.15, 0.2) is 4.99 Å². The van der Waals surface area contributed by atoms with E-state index >= 15 is 0 Å². The Morgan fingerprint density at radius 2 is 1.69 bits per heavy atom. The van der Waals surface area contributed by atoms with Crippen LogP contribution in [0, 0.1) is 17.8 Å². The Kier molecular flexibility index (Phi) is 9.27. The second kappa shape index (κ2) is 11.5. The first-order valence-electron chi connectivity index (χ1n) is 10.8.